The lowest BCUT2D eigenvalue weighted by molar-refractivity contribution is -0.122. The van der Waals surface area contributed by atoms with E-state index in [1.807, 2.05) is 0 Å². The maximum Gasteiger partial charge on any atom is 0.133 e. The Morgan fingerprint density at radius 1 is 1.33 bits per heavy atom. The van der Waals surface area contributed by atoms with E-state index in [0.29, 0.717) is 11.7 Å². The van der Waals surface area contributed by atoms with Crippen molar-refractivity contribution in [3.8, 4) is 0 Å². The molecule has 0 bridgehead atoms. The van der Waals surface area contributed by atoms with Crippen molar-refractivity contribution in [1.29, 1.82) is 0 Å². The van der Waals surface area contributed by atoms with E-state index in [0.717, 1.165) is 25.7 Å². The first kappa shape index (κ1) is 8.55. The van der Waals surface area contributed by atoms with Crippen molar-refractivity contribution in [2.75, 3.05) is 0 Å². The summed E-state index contributed by atoms with van der Waals surface area (Å²) in [6.07, 6.45) is 7.24. The summed E-state index contributed by atoms with van der Waals surface area (Å²) in [5, 5.41) is 0. The summed E-state index contributed by atoms with van der Waals surface area (Å²) < 4.78 is 0. The van der Waals surface area contributed by atoms with Crippen molar-refractivity contribution in [3.05, 3.63) is 0 Å². The highest BCUT2D eigenvalue weighted by Crippen LogP contribution is 2.47. The second-order valence-corrected chi connectivity index (χ2v) is 4.97. The molecule has 68 valence electrons. The number of carbonyl (C=O) groups excluding carboxylic acids is 1. The van der Waals surface area contributed by atoms with Crippen LogP contribution in [0.1, 0.15) is 44.9 Å². The minimum Gasteiger partial charge on any atom is -0.300 e. The van der Waals surface area contributed by atoms with Gasteiger partial charge in [-0.2, -0.15) is 0 Å². The molecule has 0 N–H and O–H groups in total. The molecule has 1 nitrogen and oxygen atoms in total. The molecule has 0 radical (unpaired) electrons. The smallest absolute Gasteiger partial charge is 0.133 e. The molecule has 2 fully saturated rings. The van der Waals surface area contributed by atoms with Gasteiger partial charge in [0.1, 0.15) is 5.78 Å². The van der Waals surface area contributed by atoms with Gasteiger partial charge in [0.05, 0.1) is 0 Å². The lowest BCUT2D eigenvalue weighted by Crippen LogP contribution is -2.40. The Balaban J connectivity index is 2.11. The molecule has 2 rings (SSSR count). The molecular formula is C10H15ClO. The molecule has 2 heteroatoms. The number of fused-ring (bicyclic) bond motifs is 1. The van der Waals surface area contributed by atoms with Crippen LogP contribution in [0.3, 0.4) is 0 Å². The fourth-order valence-electron chi connectivity index (χ4n) is 2.61. The van der Waals surface area contributed by atoms with Crippen LogP contribution in [0, 0.1) is 5.92 Å². The van der Waals surface area contributed by atoms with E-state index in [1.54, 1.807) is 0 Å². The van der Waals surface area contributed by atoms with Crippen LogP contribution in [-0.2, 0) is 4.79 Å². The predicted octanol–water partition coefficient (Wildman–Crippen LogP) is 2.91. The number of hydrogen-bond donors (Lipinski definition) is 0. The van der Waals surface area contributed by atoms with Crippen molar-refractivity contribution >= 4 is 17.4 Å². The minimum absolute atomic E-state index is 0.00611. The van der Waals surface area contributed by atoms with Gasteiger partial charge in [-0.25, -0.2) is 0 Å². The Labute approximate surface area is 78.5 Å². The average molecular weight is 187 g/mol. The molecule has 2 aliphatic carbocycles. The molecule has 0 aromatic heterocycles. The van der Waals surface area contributed by atoms with Crippen LogP contribution < -0.4 is 0 Å². The van der Waals surface area contributed by atoms with E-state index < -0.39 is 0 Å². The fraction of sp³-hybridized carbons (Fsp3) is 0.900. The number of alkyl halides is 1. The van der Waals surface area contributed by atoms with Gasteiger partial charge in [-0.3, -0.25) is 4.79 Å². The molecule has 0 aliphatic heterocycles. The van der Waals surface area contributed by atoms with Crippen LogP contribution in [0.25, 0.3) is 0 Å². The van der Waals surface area contributed by atoms with Crippen LogP contribution in [0.5, 0.6) is 0 Å². The third kappa shape index (κ3) is 1.39. The van der Waals surface area contributed by atoms with E-state index in [1.165, 1.54) is 19.3 Å². The number of hydrogen-bond acceptors (Lipinski definition) is 1. The topological polar surface area (TPSA) is 17.1 Å². The highest BCUT2D eigenvalue weighted by molar-refractivity contribution is 6.24. The molecule has 0 aromatic carbocycles. The van der Waals surface area contributed by atoms with Crippen molar-refractivity contribution in [1.82, 2.24) is 0 Å². The lowest BCUT2D eigenvalue weighted by atomic mass is 9.70. The summed E-state index contributed by atoms with van der Waals surface area (Å²) in [5.41, 5.74) is 0. The van der Waals surface area contributed by atoms with Crippen LogP contribution in [-0.4, -0.2) is 10.7 Å². The SMILES string of the molecule is O=C1CC[C@@]2(Cl)CCCCC2C1. The van der Waals surface area contributed by atoms with Crippen molar-refractivity contribution in [2.24, 2.45) is 5.92 Å². The molecule has 2 saturated carbocycles. The van der Waals surface area contributed by atoms with E-state index >= 15 is 0 Å². The second kappa shape index (κ2) is 3.02. The first-order valence-corrected chi connectivity index (χ1v) is 5.29. The molecule has 1 unspecified atom stereocenters. The Morgan fingerprint density at radius 2 is 2.17 bits per heavy atom. The highest BCUT2D eigenvalue weighted by atomic mass is 35.5. The Morgan fingerprint density at radius 3 is 3.00 bits per heavy atom. The summed E-state index contributed by atoms with van der Waals surface area (Å²) >= 11 is 6.49. The molecule has 2 atom stereocenters. The predicted molar refractivity (Wildman–Crippen MR) is 49.4 cm³/mol. The highest BCUT2D eigenvalue weighted by Gasteiger charge is 2.42. The maximum absolute atomic E-state index is 11.2. The first-order chi connectivity index (χ1) is 5.71. The number of carbonyl (C=O) groups is 1. The number of rotatable bonds is 0. The third-order valence-corrected chi connectivity index (χ3v) is 4.11. The van der Waals surface area contributed by atoms with Gasteiger partial charge in [0.2, 0.25) is 0 Å². The molecular weight excluding hydrogens is 172 g/mol. The van der Waals surface area contributed by atoms with Gasteiger partial charge in [-0.05, 0) is 25.2 Å². The summed E-state index contributed by atoms with van der Waals surface area (Å²) in [7, 11) is 0. The number of ketones is 1. The molecule has 0 saturated heterocycles. The van der Waals surface area contributed by atoms with E-state index in [-0.39, 0.29) is 4.87 Å². The van der Waals surface area contributed by atoms with Crippen LogP contribution in [0.2, 0.25) is 0 Å². The molecule has 0 heterocycles. The van der Waals surface area contributed by atoms with Crippen LogP contribution in [0.15, 0.2) is 0 Å². The molecule has 0 amide bonds. The zero-order valence-corrected chi connectivity index (χ0v) is 8.07. The van der Waals surface area contributed by atoms with E-state index in [2.05, 4.69) is 0 Å². The van der Waals surface area contributed by atoms with Gasteiger partial charge in [-0.1, -0.05) is 12.8 Å². The Hall–Kier alpha value is -0.0400. The van der Waals surface area contributed by atoms with Crippen molar-refractivity contribution in [3.63, 3.8) is 0 Å². The fourth-order valence-corrected chi connectivity index (χ4v) is 3.03. The standard InChI is InChI=1S/C10H15ClO/c11-10-5-2-1-3-8(10)7-9(12)4-6-10/h8H,1-7H2/t8?,10-/m0/s1. The summed E-state index contributed by atoms with van der Waals surface area (Å²) in [4.78, 5) is 11.2. The molecule has 2 aliphatic rings. The zero-order chi connectivity index (χ0) is 8.60. The molecule has 0 aromatic rings. The second-order valence-electron chi connectivity index (χ2n) is 4.22. The lowest BCUT2D eigenvalue weighted by Gasteiger charge is -2.42. The van der Waals surface area contributed by atoms with Crippen molar-refractivity contribution < 1.29 is 4.79 Å². The number of halogens is 1. The van der Waals surface area contributed by atoms with Crippen LogP contribution >= 0.6 is 11.6 Å². The minimum atomic E-state index is 0.00611. The summed E-state index contributed by atoms with van der Waals surface area (Å²) in [5.74, 6) is 0.923. The van der Waals surface area contributed by atoms with Gasteiger partial charge in [-0.15, -0.1) is 11.6 Å². The van der Waals surface area contributed by atoms with Gasteiger partial charge < -0.3 is 0 Å². The monoisotopic (exact) mass is 186 g/mol. The van der Waals surface area contributed by atoms with E-state index in [9.17, 15) is 4.79 Å². The first-order valence-electron chi connectivity index (χ1n) is 4.91. The van der Waals surface area contributed by atoms with Crippen LogP contribution in [0.4, 0.5) is 0 Å². The molecule has 0 spiro atoms. The third-order valence-electron chi connectivity index (χ3n) is 3.42. The average Bonchev–Trinajstić information content (AvgIpc) is 2.06. The summed E-state index contributed by atoms with van der Waals surface area (Å²) in [6.45, 7) is 0. The normalized spacial score (nSPS) is 42.4. The quantitative estimate of drug-likeness (QED) is 0.532. The number of Topliss-reactive ketones (excluding diaryl/α,β-unsaturated/α-hetero) is 1. The van der Waals surface area contributed by atoms with Gasteiger partial charge in [0.25, 0.3) is 0 Å². The van der Waals surface area contributed by atoms with Crippen molar-refractivity contribution in [2.45, 2.75) is 49.8 Å². The Bertz CT molecular complexity index is 202. The Kier molecular flexibility index (Phi) is 2.16. The largest absolute Gasteiger partial charge is 0.300 e. The van der Waals surface area contributed by atoms with E-state index in [4.69, 9.17) is 11.6 Å². The molecule has 12 heavy (non-hydrogen) atoms. The van der Waals surface area contributed by atoms with Gasteiger partial charge in [0, 0.05) is 17.7 Å². The zero-order valence-electron chi connectivity index (χ0n) is 7.31. The van der Waals surface area contributed by atoms with Gasteiger partial charge >= 0.3 is 0 Å². The van der Waals surface area contributed by atoms with Gasteiger partial charge in [0.15, 0.2) is 0 Å². The maximum atomic E-state index is 11.2. The summed E-state index contributed by atoms with van der Waals surface area (Å²) in [6, 6.07) is 0.